The molecule has 106 valence electrons. The standard InChI is InChI=1S/C16H18BrNO2/c1-2-15(19)12-3-5-18(9-12)10-13-8-14(17)7-11-4-6-20-16(11)13/h3,5,7-9,15,19H,2,4,6,10H2,1H3. The number of hydrogen-bond donors (Lipinski definition) is 1. The van der Waals surface area contributed by atoms with Crippen molar-refractivity contribution >= 4 is 15.9 Å². The minimum atomic E-state index is -0.374. The molecule has 1 aliphatic rings. The van der Waals surface area contributed by atoms with Crippen LogP contribution >= 0.6 is 15.9 Å². The molecule has 0 saturated carbocycles. The van der Waals surface area contributed by atoms with Gasteiger partial charge in [-0.3, -0.25) is 0 Å². The Morgan fingerprint density at radius 2 is 2.30 bits per heavy atom. The van der Waals surface area contributed by atoms with Crippen molar-refractivity contribution in [3.63, 3.8) is 0 Å². The number of nitrogens with zero attached hydrogens (tertiary/aromatic N) is 1. The molecule has 0 radical (unpaired) electrons. The van der Waals surface area contributed by atoms with Crippen LogP contribution in [0, 0.1) is 0 Å². The molecule has 3 nitrogen and oxygen atoms in total. The minimum Gasteiger partial charge on any atom is -0.493 e. The van der Waals surface area contributed by atoms with Crippen molar-refractivity contribution in [2.45, 2.75) is 32.4 Å². The van der Waals surface area contributed by atoms with Gasteiger partial charge in [0.2, 0.25) is 0 Å². The van der Waals surface area contributed by atoms with Gasteiger partial charge in [-0.25, -0.2) is 0 Å². The van der Waals surface area contributed by atoms with Gasteiger partial charge in [0.25, 0.3) is 0 Å². The van der Waals surface area contributed by atoms with E-state index in [-0.39, 0.29) is 6.10 Å². The third-order valence-electron chi connectivity index (χ3n) is 3.72. The van der Waals surface area contributed by atoms with Crippen LogP contribution in [0.5, 0.6) is 5.75 Å². The van der Waals surface area contributed by atoms with Crippen LogP contribution in [-0.2, 0) is 13.0 Å². The zero-order valence-electron chi connectivity index (χ0n) is 11.5. The summed E-state index contributed by atoms with van der Waals surface area (Å²) >= 11 is 3.56. The molecule has 1 unspecified atom stereocenters. The first-order valence-electron chi connectivity index (χ1n) is 6.95. The fourth-order valence-electron chi connectivity index (χ4n) is 2.65. The Bertz CT molecular complexity index is 621. The van der Waals surface area contributed by atoms with Crippen LogP contribution in [0.4, 0.5) is 0 Å². The summed E-state index contributed by atoms with van der Waals surface area (Å²) in [5, 5.41) is 9.86. The van der Waals surface area contributed by atoms with Crippen LogP contribution in [0.2, 0.25) is 0 Å². The number of rotatable bonds is 4. The van der Waals surface area contributed by atoms with Crippen LogP contribution in [0.25, 0.3) is 0 Å². The van der Waals surface area contributed by atoms with Crippen molar-refractivity contribution in [3.05, 3.63) is 51.8 Å². The lowest BCUT2D eigenvalue weighted by atomic mass is 10.1. The molecule has 4 heteroatoms. The molecular weight excluding hydrogens is 318 g/mol. The molecule has 1 aliphatic heterocycles. The number of ether oxygens (including phenoxy) is 1. The van der Waals surface area contributed by atoms with E-state index in [1.165, 1.54) is 11.1 Å². The molecule has 0 fully saturated rings. The van der Waals surface area contributed by atoms with E-state index in [9.17, 15) is 5.11 Å². The van der Waals surface area contributed by atoms with Gasteiger partial charge in [0.05, 0.1) is 19.3 Å². The van der Waals surface area contributed by atoms with Gasteiger partial charge >= 0.3 is 0 Å². The van der Waals surface area contributed by atoms with Gasteiger partial charge in [-0.2, -0.15) is 0 Å². The summed E-state index contributed by atoms with van der Waals surface area (Å²) in [4.78, 5) is 0. The van der Waals surface area contributed by atoms with Crippen molar-refractivity contribution in [1.82, 2.24) is 4.57 Å². The number of aliphatic hydroxyl groups is 1. The van der Waals surface area contributed by atoms with Crippen LogP contribution in [0.3, 0.4) is 0 Å². The monoisotopic (exact) mass is 335 g/mol. The SMILES string of the molecule is CCC(O)c1ccn(Cc2cc(Br)cc3c2OCC3)c1. The first kappa shape index (κ1) is 13.7. The van der Waals surface area contributed by atoms with Crippen LogP contribution in [0.1, 0.15) is 36.1 Å². The Morgan fingerprint density at radius 1 is 1.45 bits per heavy atom. The molecule has 3 rings (SSSR count). The second kappa shape index (κ2) is 5.62. The lowest BCUT2D eigenvalue weighted by molar-refractivity contribution is 0.173. The topological polar surface area (TPSA) is 34.4 Å². The second-order valence-electron chi connectivity index (χ2n) is 5.19. The third-order valence-corrected chi connectivity index (χ3v) is 4.18. The summed E-state index contributed by atoms with van der Waals surface area (Å²) in [5.74, 6) is 1.03. The summed E-state index contributed by atoms with van der Waals surface area (Å²) in [7, 11) is 0. The highest BCUT2D eigenvalue weighted by Gasteiger charge is 2.17. The zero-order valence-corrected chi connectivity index (χ0v) is 13.1. The molecule has 2 aromatic rings. The Kier molecular flexibility index (Phi) is 3.85. The van der Waals surface area contributed by atoms with Gasteiger partial charge in [0.1, 0.15) is 5.75 Å². The number of hydrogen-bond acceptors (Lipinski definition) is 2. The van der Waals surface area contributed by atoms with Crippen molar-refractivity contribution in [2.24, 2.45) is 0 Å². The van der Waals surface area contributed by atoms with E-state index < -0.39 is 0 Å². The second-order valence-corrected chi connectivity index (χ2v) is 6.11. The van der Waals surface area contributed by atoms with Gasteiger partial charge in [-0.05, 0) is 35.7 Å². The highest BCUT2D eigenvalue weighted by Crippen LogP contribution is 2.33. The number of fused-ring (bicyclic) bond motifs is 1. The molecule has 0 aliphatic carbocycles. The van der Waals surface area contributed by atoms with Gasteiger partial charge in [-0.15, -0.1) is 0 Å². The number of aromatic nitrogens is 1. The summed E-state index contributed by atoms with van der Waals surface area (Å²) in [6.07, 6.45) is 5.36. The van der Waals surface area contributed by atoms with Crippen molar-refractivity contribution < 1.29 is 9.84 Å². The highest BCUT2D eigenvalue weighted by molar-refractivity contribution is 9.10. The van der Waals surface area contributed by atoms with E-state index in [0.717, 1.165) is 41.8 Å². The van der Waals surface area contributed by atoms with Crippen molar-refractivity contribution in [1.29, 1.82) is 0 Å². The van der Waals surface area contributed by atoms with Crippen LogP contribution in [0.15, 0.2) is 35.1 Å². The average molecular weight is 336 g/mol. The summed E-state index contributed by atoms with van der Waals surface area (Å²) in [6.45, 7) is 3.51. The lowest BCUT2D eigenvalue weighted by Crippen LogP contribution is -2.00. The quantitative estimate of drug-likeness (QED) is 0.924. The summed E-state index contributed by atoms with van der Waals surface area (Å²) in [5.41, 5.74) is 3.43. The van der Waals surface area contributed by atoms with Gasteiger partial charge in [0.15, 0.2) is 0 Å². The minimum absolute atomic E-state index is 0.374. The predicted octanol–water partition coefficient (Wildman–Crippen LogP) is 3.68. The fourth-order valence-corrected chi connectivity index (χ4v) is 3.20. The lowest BCUT2D eigenvalue weighted by Gasteiger charge is -2.10. The maximum absolute atomic E-state index is 9.86. The van der Waals surface area contributed by atoms with Crippen molar-refractivity contribution in [2.75, 3.05) is 6.61 Å². The molecular formula is C16H18BrNO2. The Hall–Kier alpha value is -1.26. The van der Waals surface area contributed by atoms with Gasteiger partial charge < -0.3 is 14.4 Å². The summed E-state index contributed by atoms with van der Waals surface area (Å²) in [6, 6.07) is 6.22. The maximum atomic E-state index is 9.86. The molecule has 1 aromatic heterocycles. The van der Waals surface area contributed by atoms with E-state index in [2.05, 4.69) is 32.6 Å². The first-order valence-corrected chi connectivity index (χ1v) is 7.74. The predicted molar refractivity (Wildman–Crippen MR) is 82.1 cm³/mol. The zero-order chi connectivity index (χ0) is 14.1. The van der Waals surface area contributed by atoms with Crippen LogP contribution < -0.4 is 4.74 Å². The van der Waals surface area contributed by atoms with Gasteiger partial charge in [0, 0.05) is 28.9 Å². The normalized spacial score (nSPS) is 14.9. The maximum Gasteiger partial charge on any atom is 0.127 e. The van der Waals surface area contributed by atoms with E-state index in [1.54, 1.807) is 0 Å². The number of aliphatic hydroxyl groups excluding tert-OH is 1. The first-order chi connectivity index (χ1) is 9.67. The van der Waals surface area contributed by atoms with E-state index in [0.29, 0.717) is 0 Å². The molecule has 0 spiro atoms. The van der Waals surface area contributed by atoms with E-state index in [1.807, 2.05) is 25.4 Å². The molecule has 0 saturated heterocycles. The van der Waals surface area contributed by atoms with E-state index >= 15 is 0 Å². The molecule has 1 aromatic carbocycles. The molecule has 1 N–H and O–H groups in total. The van der Waals surface area contributed by atoms with Crippen LogP contribution in [-0.4, -0.2) is 16.3 Å². The third kappa shape index (κ3) is 2.63. The highest BCUT2D eigenvalue weighted by atomic mass is 79.9. The average Bonchev–Trinajstić information content (AvgIpc) is 3.06. The van der Waals surface area contributed by atoms with Crippen molar-refractivity contribution in [3.8, 4) is 5.75 Å². The Labute approximate surface area is 127 Å². The molecule has 0 bridgehead atoms. The van der Waals surface area contributed by atoms with E-state index in [4.69, 9.17) is 4.74 Å². The largest absolute Gasteiger partial charge is 0.493 e. The molecule has 1 atom stereocenters. The molecule has 0 amide bonds. The molecule has 20 heavy (non-hydrogen) atoms. The summed E-state index contributed by atoms with van der Waals surface area (Å²) < 4.78 is 8.94. The number of halogens is 1. The Balaban J connectivity index is 1.86. The van der Waals surface area contributed by atoms with Gasteiger partial charge in [-0.1, -0.05) is 22.9 Å². The smallest absolute Gasteiger partial charge is 0.127 e. The number of benzene rings is 1. The molecule has 2 heterocycles. The fraction of sp³-hybridized carbons (Fsp3) is 0.375. The Morgan fingerprint density at radius 3 is 3.10 bits per heavy atom.